The van der Waals surface area contributed by atoms with E-state index in [2.05, 4.69) is 4.98 Å². The van der Waals surface area contributed by atoms with E-state index in [0.717, 1.165) is 19.4 Å². The molecular formula is C10H14N2O2. The van der Waals surface area contributed by atoms with Gasteiger partial charge >= 0.3 is 0 Å². The highest BCUT2D eigenvalue weighted by Gasteiger charge is 2.16. The predicted octanol–water partition coefficient (Wildman–Crippen LogP) is 1.22. The number of pyridine rings is 1. The summed E-state index contributed by atoms with van der Waals surface area (Å²) in [5.74, 6) is 0.503. The van der Waals surface area contributed by atoms with E-state index in [1.54, 1.807) is 18.3 Å². The maximum atomic E-state index is 5.68. The molecule has 0 saturated carbocycles. The van der Waals surface area contributed by atoms with Crippen LogP contribution >= 0.6 is 0 Å². The zero-order valence-corrected chi connectivity index (χ0v) is 7.98. The van der Waals surface area contributed by atoms with Gasteiger partial charge in [-0.25, -0.2) is 4.98 Å². The van der Waals surface area contributed by atoms with Gasteiger partial charge in [0.25, 0.3) is 0 Å². The van der Waals surface area contributed by atoms with Crippen LogP contribution in [0.3, 0.4) is 0 Å². The lowest BCUT2D eigenvalue weighted by atomic mass is 10.2. The Hall–Kier alpha value is -1.29. The number of aromatic nitrogens is 1. The second-order valence-electron chi connectivity index (χ2n) is 3.34. The highest BCUT2D eigenvalue weighted by atomic mass is 16.5. The first-order chi connectivity index (χ1) is 6.86. The van der Waals surface area contributed by atoms with Crippen molar-refractivity contribution in [3.8, 4) is 5.88 Å². The van der Waals surface area contributed by atoms with Crippen LogP contribution in [0.25, 0.3) is 0 Å². The molecular weight excluding hydrogens is 180 g/mol. The molecule has 76 valence electrons. The molecule has 0 amide bonds. The Balaban J connectivity index is 1.88. The summed E-state index contributed by atoms with van der Waals surface area (Å²) in [7, 11) is 0. The zero-order valence-electron chi connectivity index (χ0n) is 7.98. The van der Waals surface area contributed by atoms with Crippen LogP contribution in [0, 0.1) is 0 Å². The molecule has 1 atom stereocenters. The Labute approximate surface area is 83.0 Å². The van der Waals surface area contributed by atoms with Gasteiger partial charge in [-0.2, -0.15) is 0 Å². The van der Waals surface area contributed by atoms with E-state index in [4.69, 9.17) is 15.2 Å². The topological polar surface area (TPSA) is 57.4 Å². The second kappa shape index (κ2) is 4.28. The number of hydrogen-bond acceptors (Lipinski definition) is 4. The molecule has 0 aromatic carbocycles. The van der Waals surface area contributed by atoms with Gasteiger partial charge in [0.2, 0.25) is 5.88 Å². The van der Waals surface area contributed by atoms with E-state index in [0.29, 0.717) is 18.2 Å². The van der Waals surface area contributed by atoms with E-state index in [1.807, 2.05) is 0 Å². The number of nitrogen functional groups attached to an aromatic ring is 1. The van der Waals surface area contributed by atoms with Crippen LogP contribution in [0.4, 0.5) is 5.69 Å². The van der Waals surface area contributed by atoms with E-state index in [1.165, 1.54) is 0 Å². The third-order valence-electron chi connectivity index (χ3n) is 2.23. The molecule has 4 nitrogen and oxygen atoms in total. The van der Waals surface area contributed by atoms with Crippen LogP contribution < -0.4 is 10.5 Å². The van der Waals surface area contributed by atoms with Gasteiger partial charge in [0, 0.05) is 12.8 Å². The Morgan fingerprint density at radius 3 is 3.29 bits per heavy atom. The molecule has 1 aliphatic rings. The number of nitrogens with zero attached hydrogens (tertiary/aromatic N) is 1. The Morgan fingerprint density at radius 2 is 2.57 bits per heavy atom. The maximum absolute atomic E-state index is 5.68. The summed E-state index contributed by atoms with van der Waals surface area (Å²) in [6, 6.07) is 3.56. The van der Waals surface area contributed by atoms with E-state index < -0.39 is 0 Å². The summed E-state index contributed by atoms with van der Waals surface area (Å²) in [4.78, 5) is 4.04. The monoisotopic (exact) mass is 194 g/mol. The van der Waals surface area contributed by atoms with Gasteiger partial charge in [-0.15, -0.1) is 0 Å². The summed E-state index contributed by atoms with van der Waals surface area (Å²) < 4.78 is 10.9. The summed E-state index contributed by atoms with van der Waals surface area (Å²) in [6.45, 7) is 1.38. The molecule has 1 aromatic rings. The lowest BCUT2D eigenvalue weighted by Gasteiger charge is -2.11. The van der Waals surface area contributed by atoms with Crippen molar-refractivity contribution in [3.63, 3.8) is 0 Å². The fraction of sp³-hybridized carbons (Fsp3) is 0.500. The number of anilines is 1. The van der Waals surface area contributed by atoms with Crippen molar-refractivity contribution in [1.82, 2.24) is 4.98 Å². The van der Waals surface area contributed by atoms with E-state index >= 15 is 0 Å². The molecule has 2 heterocycles. The molecule has 1 aromatic heterocycles. The molecule has 1 fully saturated rings. The van der Waals surface area contributed by atoms with Crippen LogP contribution in [0.1, 0.15) is 12.8 Å². The van der Waals surface area contributed by atoms with Crippen LogP contribution in [0.15, 0.2) is 18.3 Å². The molecule has 0 bridgehead atoms. The van der Waals surface area contributed by atoms with Crippen LogP contribution in [0.5, 0.6) is 5.88 Å². The third kappa shape index (κ3) is 2.14. The average molecular weight is 194 g/mol. The van der Waals surface area contributed by atoms with Crippen molar-refractivity contribution < 1.29 is 9.47 Å². The van der Waals surface area contributed by atoms with Gasteiger partial charge in [0.05, 0.1) is 11.8 Å². The largest absolute Gasteiger partial charge is 0.473 e. The fourth-order valence-electron chi connectivity index (χ4n) is 1.47. The van der Waals surface area contributed by atoms with Gasteiger partial charge in [-0.1, -0.05) is 0 Å². The SMILES string of the molecule is Nc1cccnc1OCC1CCCO1. The molecule has 4 heteroatoms. The van der Waals surface area contributed by atoms with E-state index in [-0.39, 0.29) is 6.10 Å². The highest BCUT2D eigenvalue weighted by molar-refractivity contribution is 5.46. The van der Waals surface area contributed by atoms with Crippen molar-refractivity contribution in [3.05, 3.63) is 18.3 Å². The normalized spacial score (nSPS) is 21.0. The highest BCUT2D eigenvalue weighted by Crippen LogP contribution is 2.18. The molecule has 1 saturated heterocycles. The predicted molar refractivity (Wildman–Crippen MR) is 53.1 cm³/mol. The van der Waals surface area contributed by atoms with Crippen molar-refractivity contribution in [2.24, 2.45) is 0 Å². The molecule has 1 unspecified atom stereocenters. The summed E-state index contributed by atoms with van der Waals surface area (Å²) in [5, 5.41) is 0. The first-order valence-corrected chi connectivity index (χ1v) is 4.81. The molecule has 0 radical (unpaired) electrons. The minimum atomic E-state index is 0.205. The van der Waals surface area contributed by atoms with Gasteiger partial charge < -0.3 is 15.2 Å². The molecule has 2 N–H and O–H groups in total. The van der Waals surface area contributed by atoms with Crippen molar-refractivity contribution in [2.75, 3.05) is 18.9 Å². The second-order valence-corrected chi connectivity index (χ2v) is 3.34. The van der Waals surface area contributed by atoms with Gasteiger partial charge in [-0.3, -0.25) is 0 Å². The maximum Gasteiger partial charge on any atom is 0.237 e. The standard InChI is InChI=1S/C10H14N2O2/c11-9-4-1-5-12-10(9)14-7-8-3-2-6-13-8/h1,4-5,8H,2-3,6-7,11H2. The summed E-state index contributed by atoms with van der Waals surface area (Å²) in [5.41, 5.74) is 6.25. The van der Waals surface area contributed by atoms with Gasteiger partial charge in [-0.05, 0) is 25.0 Å². The minimum absolute atomic E-state index is 0.205. The van der Waals surface area contributed by atoms with Gasteiger partial charge in [0.1, 0.15) is 6.61 Å². The number of ether oxygens (including phenoxy) is 2. The lowest BCUT2D eigenvalue weighted by Crippen LogP contribution is -2.17. The summed E-state index contributed by atoms with van der Waals surface area (Å²) >= 11 is 0. The minimum Gasteiger partial charge on any atom is -0.473 e. The first-order valence-electron chi connectivity index (χ1n) is 4.81. The Bertz CT molecular complexity index is 298. The van der Waals surface area contributed by atoms with Crippen LogP contribution in [-0.2, 0) is 4.74 Å². The smallest absolute Gasteiger partial charge is 0.237 e. The quantitative estimate of drug-likeness (QED) is 0.786. The van der Waals surface area contributed by atoms with Crippen LogP contribution in [0.2, 0.25) is 0 Å². The molecule has 0 spiro atoms. The zero-order chi connectivity index (χ0) is 9.80. The molecule has 2 rings (SSSR count). The van der Waals surface area contributed by atoms with Crippen molar-refractivity contribution in [1.29, 1.82) is 0 Å². The van der Waals surface area contributed by atoms with Gasteiger partial charge in [0.15, 0.2) is 0 Å². The number of hydrogen-bond donors (Lipinski definition) is 1. The molecule has 14 heavy (non-hydrogen) atoms. The summed E-state index contributed by atoms with van der Waals surface area (Å²) in [6.07, 6.45) is 4.05. The number of rotatable bonds is 3. The number of nitrogens with two attached hydrogens (primary N) is 1. The lowest BCUT2D eigenvalue weighted by molar-refractivity contribution is 0.0666. The van der Waals surface area contributed by atoms with Crippen molar-refractivity contribution >= 4 is 5.69 Å². The Kier molecular flexibility index (Phi) is 2.84. The fourth-order valence-corrected chi connectivity index (χ4v) is 1.47. The average Bonchev–Trinajstić information content (AvgIpc) is 2.69. The van der Waals surface area contributed by atoms with E-state index in [9.17, 15) is 0 Å². The Morgan fingerprint density at radius 1 is 1.64 bits per heavy atom. The molecule has 1 aliphatic heterocycles. The van der Waals surface area contributed by atoms with Crippen molar-refractivity contribution in [2.45, 2.75) is 18.9 Å². The molecule has 0 aliphatic carbocycles. The first kappa shape index (κ1) is 9.27. The third-order valence-corrected chi connectivity index (χ3v) is 2.23. The van der Waals surface area contributed by atoms with Crippen LogP contribution in [-0.4, -0.2) is 24.3 Å².